The third kappa shape index (κ3) is 2.71. The Labute approximate surface area is 118 Å². The summed E-state index contributed by atoms with van der Waals surface area (Å²) in [6.45, 7) is 3.82. The predicted octanol–water partition coefficient (Wildman–Crippen LogP) is 0.839. The largest absolute Gasteiger partial charge is 0.354 e. The zero-order chi connectivity index (χ0) is 13.8. The summed E-state index contributed by atoms with van der Waals surface area (Å²) in [7, 11) is 0. The number of rotatable bonds is 3. The van der Waals surface area contributed by atoms with E-state index >= 15 is 0 Å². The summed E-state index contributed by atoms with van der Waals surface area (Å²) in [4.78, 5) is 11.3. The lowest BCUT2D eigenvalue weighted by Gasteiger charge is -2.28. The maximum absolute atomic E-state index is 5.52. The lowest BCUT2D eigenvalue weighted by molar-refractivity contribution is 0.585. The number of nitrogens with one attached hydrogen (secondary N) is 2. The Balaban J connectivity index is 1.98. The van der Waals surface area contributed by atoms with E-state index in [-0.39, 0.29) is 0 Å². The van der Waals surface area contributed by atoms with E-state index in [2.05, 4.69) is 25.6 Å². The molecule has 1 aromatic heterocycles. The summed E-state index contributed by atoms with van der Waals surface area (Å²) in [5, 5.41) is 3.33. The highest BCUT2D eigenvalue weighted by molar-refractivity contribution is 5.61. The molecule has 104 valence electrons. The van der Waals surface area contributed by atoms with Gasteiger partial charge in [-0.3, -0.25) is 0 Å². The number of anilines is 2. The van der Waals surface area contributed by atoms with Gasteiger partial charge in [0.25, 0.3) is 0 Å². The van der Waals surface area contributed by atoms with Crippen molar-refractivity contribution < 1.29 is 0 Å². The molecule has 3 rings (SSSR count). The Kier molecular flexibility index (Phi) is 3.76. The summed E-state index contributed by atoms with van der Waals surface area (Å²) >= 11 is 0. The zero-order valence-electron chi connectivity index (χ0n) is 11.2. The number of benzene rings is 1. The lowest BCUT2D eigenvalue weighted by atomic mass is 10.2. The van der Waals surface area contributed by atoms with Crippen molar-refractivity contribution in [3.63, 3.8) is 0 Å². The average molecular weight is 270 g/mol. The minimum Gasteiger partial charge on any atom is -0.354 e. The van der Waals surface area contributed by atoms with Crippen molar-refractivity contribution >= 4 is 11.6 Å². The fourth-order valence-corrected chi connectivity index (χ4v) is 2.28. The molecule has 0 atom stereocenters. The Hall–Kier alpha value is -2.18. The maximum Gasteiger partial charge on any atom is 0.163 e. The van der Waals surface area contributed by atoms with Crippen LogP contribution in [-0.2, 0) is 0 Å². The summed E-state index contributed by atoms with van der Waals surface area (Å²) in [6.07, 6.45) is 0. The lowest BCUT2D eigenvalue weighted by Crippen LogP contribution is -2.44. The van der Waals surface area contributed by atoms with Crippen molar-refractivity contribution in [2.24, 2.45) is 5.84 Å². The molecule has 4 N–H and O–H groups in total. The molecule has 6 nitrogen and oxygen atoms in total. The van der Waals surface area contributed by atoms with E-state index in [1.165, 1.54) is 0 Å². The molecule has 0 saturated carbocycles. The number of hydrogen-bond acceptors (Lipinski definition) is 6. The van der Waals surface area contributed by atoms with Crippen molar-refractivity contribution in [1.82, 2.24) is 15.3 Å². The Morgan fingerprint density at radius 1 is 1.10 bits per heavy atom. The first kappa shape index (κ1) is 12.8. The van der Waals surface area contributed by atoms with Gasteiger partial charge in [-0.15, -0.1) is 0 Å². The first-order chi connectivity index (χ1) is 9.86. The van der Waals surface area contributed by atoms with E-state index in [4.69, 9.17) is 5.84 Å². The normalized spacial score (nSPS) is 15.2. The van der Waals surface area contributed by atoms with Crippen molar-refractivity contribution in [1.29, 1.82) is 0 Å². The molecule has 0 bridgehead atoms. The first-order valence-electron chi connectivity index (χ1n) is 6.73. The molecule has 2 aromatic rings. The van der Waals surface area contributed by atoms with Gasteiger partial charge in [0.1, 0.15) is 11.6 Å². The van der Waals surface area contributed by atoms with E-state index in [9.17, 15) is 0 Å². The van der Waals surface area contributed by atoms with Crippen LogP contribution in [0.1, 0.15) is 0 Å². The fraction of sp³-hybridized carbons (Fsp3) is 0.286. The van der Waals surface area contributed by atoms with Gasteiger partial charge in [-0.2, -0.15) is 0 Å². The van der Waals surface area contributed by atoms with E-state index in [0.29, 0.717) is 11.6 Å². The second-order valence-corrected chi connectivity index (χ2v) is 4.68. The van der Waals surface area contributed by atoms with Crippen LogP contribution in [0.4, 0.5) is 11.6 Å². The predicted molar refractivity (Wildman–Crippen MR) is 80.4 cm³/mol. The van der Waals surface area contributed by atoms with Crippen LogP contribution < -0.4 is 21.5 Å². The van der Waals surface area contributed by atoms with Crippen molar-refractivity contribution in [3.05, 3.63) is 36.4 Å². The number of nitrogens with two attached hydrogens (primary N) is 1. The fourth-order valence-electron chi connectivity index (χ4n) is 2.28. The van der Waals surface area contributed by atoms with Gasteiger partial charge in [-0.25, -0.2) is 15.8 Å². The molecule has 1 fully saturated rings. The summed E-state index contributed by atoms with van der Waals surface area (Å²) < 4.78 is 0. The van der Waals surface area contributed by atoms with Crippen LogP contribution in [0.25, 0.3) is 11.4 Å². The Morgan fingerprint density at radius 3 is 2.55 bits per heavy atom. The number of aromatic nitrogens is 2. The minimum absolute atomic E-state index is 0.632. The summed E-state index contributed by atoms with van der Waals surface area (Å²) in [5.41, 5.74) is 3.61. The highest BCUT2D eigenvalue weighted by Crippen LogP contribution is 2.22. The molecule has 0 unspecified atom stereocenters. The zero-order valence-corrected chi connectivity index (χ0v) is 11.2. The molecule has 1 aromatic carbocycles. The number of hydrogen-bond donors (Lipinski definition) is 3. The molecule has 0 aliphatic carbocycles. The maximum atomic E-state index is 5.52. The van der Waals surface area contributed by atoms with Crippen LogP contribution in [0.2, 0.25) is 0 Å². The van der Waals surface area contributed by atoms with Crippen molar-refractivity contribution in [2.75, 3.05) is 36.5 Å². The number of hydrazine groups is 1. The van der Waals surface area contributed by atoms with Crippen LogP contribution in [0.5, 0.6) is 0 Å². The monoisotopic (exact) mass is 270 g/mol. The molecule has 1 saturated heterocycles. The van der Waals surface area contributed by atoms with Gasteiger partial charge in [0.15, 0.2) is 5.82 Å². The second kappa shape index (κ2) is 5.85. The third-order valence-corrected chi connectivity index (χ3v) is 3.33. The molecular formula is C14H18N6. The molecule has 0 spiro atoms. The highest BCUT2D eigenvalue weighted by Gasteiger charge is 2.14. The van der Waals surface area contributed by atoms with Crippen LogP contribution >= 0.6 is 0 Å². The first-order valence-corrected chi connectivity index (χ1v) is 6.73. The molecule has 1 aliphatic heterocycles. The number of piperazine rings is 1. The third-order valence-electron chi connectivity index (χ3n) is 3.33. The van der Waals surface area contributed by atoms with E-state index in [1.807, 2.05) is 36.4 Å². The van der Waals surface area contributed by atoms with Crippen LogP contribution in [0, 0.1) is 0 Å². The molecule has 20 heavy (non-hydrogen) atoms. The Bertz CT molecular complexity index is 565. The summed E-state index contributed by atoms with van der Waals surface area (Å²) in [6, 6.07) is 11.8. The Morgan fingerprint density at radius 2 is 1.85 bits per heavy atom. The van der Waals surface area contributed by atoms with Crippen LogP contribution in [-0.4, -0.2) is 36.1 Å². The minimum atomic E-state index is 0.632. The SMILES string of the molecule is NNc1cc(N2CCNCC2)nc(-c2ccccc2)n1. The molecule has 6 heteroatoms. The van der Waals surface area contributed by atoms with Gasteiger partial charge in [-0.05, 0) is 0 Å². The van der Waals surface area contributed by atoms with Gasteiger partial charge in [0.2, 0.25) is 0 Å². The van der Waals surface area contributed by atoms with Crippen molar-refractivity contribution in [3.8, 4) is 11.4 Å². The smallest absolute Gasteiger partial charge is 0.163 e. The van der Waals surface area contributed by atoms with Crippen LogP contribution in [0.3, 0.4) is 0 Å². The second-order valence-electron chi connectivity index (χ2n) is 4.68. The van der Waals surface area contributed by atoms with Gasteiger partial charge < -0.3 is 15.6 Å². The van der Waals surface area contributed by atoms with Gasteiger partial charge in [0, 0.05) is 37.8 Å². The molecule has 0 radical (unpaired) electrons. The molecule has 1 aliphatic rings. The number of nitrogens with zero attached hydrogens (tertiary/aromatic N) is 3. The van der Waals surface area contributed by atoms with Gasteiger partial charge >= 0.3 is 0 Å². The standard InChI is InChI=1S/C14H18N6/c15-19-12-10-13(20-8-6-16-7-9-20)18-14(17-12)11-4-2-1-3-5-11/h1-5,10,16H,6-9,15H2,(H,17,18,19). The van der Waals surface area contributed by atoms with E-state index in [1.54, 1.807) is 0 Å². The molecule has 2 heterocycles. The topological polar surface area (TPSA) is 79.1 Å². The summed E-state index contributed by atoms with van der Waals surface area (Å²) in [5.74, 6) is 7.76. The number of nitrogen functional groups attached to an aromatic ring is 1. The highest BCUT2D eigenvalue weighted by atomic mass is 15.3. The average Bonchev–Trinajstić information content (AvgIpc) is 2.56. The van der Waals surface area contributed by atoms with Gasteiger partial charge in [0.05, 0.1) is 0 Å². The van der Waals surface area contributed by atoms with E-state index in [0.717, 1.165) is 37.6 Å². The van der Waals surface area contributed by atoms with E-state index < -0.39 is 0 Å². The molecule has 0 amide bonds. The van der Waals surface area contributed by atoms with Crippen molar-refractivity contribution in [2.45, 2.75) is 0 Å². The molecular weight excluding hydrogens is 252 g/mol. The van der Waals surface area contributed by atoms with Gasteiger partial charge in [-0.1, -0.05) is 30.3 Å². The van der Waals surface area contributed by atoms with Crippen LogP contribution in [0.15, 0.2) is 36.4 Å². The quantitative estimate of drug-likeness (QED) is 0.566.